The molecule has 0 aromatic heterocycles. The van der Waals surface area contributed by atoms with Gasteiger partial charge in [-0.2, -0.15) is 9.81 Å². The molecular weight excluding hydrogens is 392 g/mol. The Bertz CT molecular complexity index is 726. The normalized spacial score (nSPS) is 49.8. The first-order valence-electron chi connectivity index (χ1n) is 8.86. The van der Waals surface area contributed by atoms with Gasteiger partial charge >= 0.3 is 5.72 Å². The number of carbonyl (C=O) groups excluding carboxylic acids is 1. The van der Waals surface area contributed by atoms with E-state index in [-0.39, 0.29) is 6.42 Å². The highest BCUT2D eigenvalue weighted by Crippen LogP contribution is 2.50. The average Bonchev–Trinajstić information content (AvgIpc) is 2.64. The van der Waals surface area contributed by atoms with E-state index in [1.54, 1.807) is 0 Å². The molecule has 2 heterocycles. The van der Waals surface area contributed by atoms with Gasteiger partial charge in [-0.3, -0.25) is 22.1 Å². The first kappa shape index (κ1) is 21.8. The van der Waals surface area contributed by atoms with E-state index in [9.17, 15) is 19.5 Å². The number of carbonyl (C=O) groups is 1. The Morgan fingerprint density at radius 2 is 1.79 bits per heavy atom. The quantitative estimate of drug-likeness (QED) is 0.208. The number of ketones is 1. The monoisotopic (exact) mass is 416 g/mol. The van der Waals surface area contributed by atoms with Crippen LogP contribution in [-0.4, -0.2) is 78.6 Å². The maximum absolute atomic E-state index is 12.8. The number of rotatable bonds is 5. The van der Waals surface area contributed by atoms with Crippen molar-refractivity contribution in [1.82, 2.24) is 10.3 Å². The van der Waals surface area contributed by atoms with Crippen LogP contribution >= 0.6 is 0 Å². The lowest BCUT2D eigenvalue weighted by Gasteiger charge is -2.62. The topological polar surface area (TPSA) is 226 Å². The Labute approximate surface area is 164 Å². The lowest BCUT2D eigenvalue weighted by atomic mass is 9.73. The van der Waals surface area contributed by atoms with Gasteiger partial charge in [0.25, 0.3) is 5.91 Å². The van der Waals surface area contributed by atoms with Gasteiger partial charge in [0.1, 0.15) is 18.2 Å². The maximum atomic E-state index is 12.8. The van der Waals surface area contributed by atoms with E-state index in [1.807, 2.05) is 0 Å². The molecule has 3 fully saturated rings. The standard InChI is InChI=1S/C14H24N8O7/c1-5-4-6(23)13(21-26)14(16,27-5)28-11-9(20-25)7(18-2)8(19-24)10(22(3)17)12(11,15)29-13/h5,7-11,18H,4,15-17H2,1-3H3/t5?,7-,8+,9?,10+,11?,12-,13+,14-/m1/s1. The Morgan fingerprint density at radius 3 is 2.28 bits per heavy atom. The summed E-state index contributed by atoms with van der Waals surface area (Å²) < 4.78 is 17.0. The van der Waals surface area contributed by atoms with Crippen LogP contribution in [0.15, 0.2) is 15.5 Å². The van der Waals surface area contributed by atoms with Crippen molar-refractivity contribution >= 4 is 5.78 Å². The summed E-state index contributed by atoms with van der Waals surface area (Å²) in [6.07, 6.45) is -2.47. The Balaban J connectivity index is 2.21. The second-order valence-corrected chi connectivity index (χ2v) is 7.57. The highest BCUT2D eigenvalue weighted by Gasteiger charge is 2.77. The molecule has 0 spiro atoms. The molecule has 0 radical (unpaired) electrons. The van der Waals surface area contributed by atoms with Crippen LogP contribution in [0.25, 0.3) is 0 Å². The molecule has 2 aliphatic heterocycles. The summed E-state index contributed by atoms with van der Waals surface area (Å²) in [5, 5.41) is 12.6. The lowest BCUT2D eigenvalue weighted by molar-refractivity contribution is -0.439. The van der Waals surface area contributed by atoms with E-state index in [0.717, 1.165) is 5.01 Å². The smallest absolute Gasteiger partial charge is 0.330 e. The van der Waals surface area contributed by atoms with E-state index in [1.165, 1.54) is 21.0 Å². The van der Waals surface area contributed by atoms with Gasteiger partial charge in [0.15, 0.2) is 5.72 Å². The number of fused-ring (bicyclic) bond motifs is 2. The van der Waals surface area contributed by atoms with Crippen LogP contribution < -0.4 is 22.6 Å². The molecule has 15 heteroatoms. The second kappa shape index (κ2) is 7.13. The Hall–Kier alpha value is -1.85. The number of hydrogen-bond donors (Lipinski definition) is 4. The minimum absolute atomic E-state index is 0.262. The summed E-state index contributed by atoms with van der Waals surface area (Å²) in [5.74, 6) is 2.59. The number of nitroso groups, excluding NO2 is 3. The van der Waals surface area contributed by atoms with E-state index in [4.69, 9.17) is 31.5 Å². The molecule has 0 amide bonds. The van der Waals surface area contributed by atoms with Gasteiger partial charge in [-0.1, -0.05) is 10.4 Å². The molecule has 0 aromatic rings. The lowest BCUT2D eigenvalue weighted by Crippen LogP contribution is -2.89. The number of nitrogens with zero attached hydrogens (tertiary/aromatic N) is 4. The third-order valence-corrected chi connectivity index (χ3v) is 5.75. The fourth-order valence-electron chi connectivity index (χ4n) is 4.54. The minimum atomic E-state index is -2.69. The number of nitrogens with one attached hydrogen (secondary N) is 1. The Morgan fingerprint density at radius 1 is 1.17 bits per heavy atom. The van der Waals surface area contributed by atoms with Crippen molar-refractivity contribution in [2.24, 2.45) is 32.8 Å². The molecule has 15 nitrogen and oxygen atoms in total. The average molecular weight is 416 g/mol. The third kappa shape index (κ3) is 2.77. The van der Waals surface area contributed by atoms with E-state index in [0.29, 0.717) is 0 Å². The summed E-state index contributed by atoms with van der Waals surface area (Å²) in [6.45, 7) is 1.53. The van der Waals surface area contributed by atoms with Crippen molar-refractivity contribution in [2.45, 2.75) is 67.1 Å². The van der Waals surface area contributed by atoms with Crippen molar-refractivity contribution in [3.8, 4) is 0 Å². The molecule has 0 aromatic carbocycles. The van der Waals surface area contributed by atoms with Crippen LogP contribution in [0.4, 0.5) is 0 Å². The number of hydrazine groups is 1. The van der Waals surface area contributed by atoms with Crippen molar-refractivity contribution in [3.05, 3.63) is 14.7 Å². The first-order valence-corrected chi connectivity index (χ1v) is 8.86. The van der Waals surface area contributed by atoms with Gasteiger partial charge in [0, 0.05) is 13.5 Å². The molecule has 7 N–H and O–H groups in total. The minimum Gasteiger partial charge on any atom is -0.330 e. The van der Waals surface area contributed by atoms with Gasteiger partial charge in [-0.15, -0.1) is 4.91 Å². The fraction of sp³-hybridized carbons (Fsp3) is 0.929. The SMILES string of the molecule is CN[C@H]1C(N=O)C2O[C@]3(N)OC(C)CC(=O)[C@]3(N=O)O[C@]2(N)[C@@H](N(C)N)[C@H]1N=O. The number of likely N-dealkylation sites (N-methyl/N-ethyl adjacent to an activating group) is 2. The molecule has 0 bridgehead atoms. The van der Waals surface area contributed by atoms with Gasteiger partial charge in [0.2, 0.25) is 5.78 Å². The molecule has 3 aliphatic rings. The highest BCUT2D eigenvalue weighted by molar-refractivity contribution is 5.89. The number of nitrogens with two attached hydrogens (primary N) is 3. The van der Waals surface area contributed by atoms with Gasteiger partial charge in [-0.25, -0.2) is 5.01 Å². The molecule has 29 heavy (non-hydrogen) atoms. The zero-order valence-electron chi connectivity index (χ0n) is 16.0. The first-order chi connectivity index (χ1) is 13.5. The molecular formula is C14H24N8O7. The summed E-state index contributed by atoms with van der Waals surface area (Å²) in [7, 11) is 2.84. The van der Waals surface area contributed by atoms with Crippen molar-refractivity contribution < 1.29 is 19.0 Å². The number of ether oxygens (including phenoxy) is 3. The Kier molecular flexibility index (Phi) is 5.38. The predicted octanol–water partition coefficient (Wildman–Crippen LogP) is -2.44. The van der Waals surface area contributed by atoms with Gasteiger partial charge in [-0.05, 0) is 19.1 Å². The van der Waals surface area contributed by atoms with Crippen molar-refractivity contribution in [3.63, 3.8) is 0 Å². The van der Waals surface area contributed by atoms with Crippen molar-refractivity contribution in [2.75, 3.05) is 14.1 Å². The summed E-state index contributed by atoms with van der Waals surface area (Å²) >= 11 is 0. The fourth-order valence-corrected chi connectivity index (χ4v) is 4.54. The van der Waals surface area contributed by atoms with Crippen LogP contribution in [0, 0.1) is 14.7 Å². The molecule has 2 saturated heterocycles. The van der Waals surface area contributed by atoms with Crippen molar-refractivity contribution in [1.29, 1.82) is 0 Å². The third-order valence-electron chi connectivity index (χ3n) is 5.75. The van der Waals surface area contributed by atoms with E-state index < -0.39 is 59.5 Å². The second-order valence-electron chi connectivity index (χ2n) is 7.57. The van der Waals surface area contributed by atoms with Crippen LogP contribution in [0.1, 0.15) is 13.3 Å². The number of hydrogen-bond acceptors (Lipinski definition) is 15. The van der Waals surface area contributed by atoms with E-state index >= 15 is 0 Å². The molecule has 1 aliphatic carbocycles. The largest absolute Gasteiger partial charge is 0.330 e. The van der Waals surface area contributed by atoms with Crippen LogP contribution in [0.5, 0.6) is 0 Å². The highest BCUT2D eigenvalue weighted by atomic mass is 16.8. The molecule has 162 valence electrons. The van der Waals surface area contributed by atoms with Crippen LogP contribution in [0.2, 0.25) is 0 Å². The zero-order chi connectivity index (χ0) is 21.8. The van der Waals surface area contributed by atoms with E-state index in [2.05, 4.69) is 20.8 Å². The molecule has 1 saturated carbocycles. The summed E-state index contributed by atoms with van der Waals surface area (Å²) in [4.78, 5) is 48.0. The summed E-state index contributed by atoms with van der Waals surface area (Å²) in [6, 6.07) is -4.85. The molecule has 3 rings (SSSR count). The van der Waals surface area contributed by atoms with Gasteiger partial charge < -0.3 is 19.5 Å². The summed E-state index contributed by atoms with van der Waals surface area (Å²) in [5.41, 5.74) is 7.66. The van der Waals surface area contributed by atoms with Crippen LogP contribution in [-0.2, 0) is 19.0 Å². The van der Waals surface area contributed by atoms with Crippen LogP contribution in [0.3, 0.4) is 0 Å². The number of Topliss-reactive ketones (excluding diaryl/α,β-unsaturated/α-hetero) is 1. The molecule has 3 unspecified atom stereocenters. The molecule has 9 atom stereocenters. The predicted molar refractivity (Wildman–Crippen MR) is 96.2 cm³/mol. The maximum Gasteiger partial charge on any atom is 0.330 e. The zero-order valence-corrected chi connectivity index (χ0v) is 16.0. The van der Waals surface area contributed by atoms with Gasteiger partial charge in [0.05, 0.1) is 18.2 Å².